The summed E-state index contributed by atoms with van der Waals surface area (Å²) >= 11 is 0. The predicted molar refractivity (Wildman–Crippen MR) is 325 cm³/mol. The van der Waals surface area contributed by atoms with Gasteiger partial charge in [0.15, 0.2) is 18.5 Å². The molecule has 0 aliphatic carbocycles. The maximum atomic E-state index is 15.2. The second kappa shape index (κ2) is 35.7. The summed E-state index contributed by atoms with van der Waals surface area (Å²) in [5.74, 6) is -15.6. The SMILES string of the molecule is CC(=O)N[C@H]1[C@@H](O[C@H](C)[C@H](NC(=O)[C@H](CC(=O)O)NC(=O)[C@@H]2CCCN2)C(=O)N[C@@H](CCCN=C(N)N)C(=O)N2CCC[C@H]2C(=O)N[C@@H](C)C(=O)N2CCC[C@H]2C(N)=O)O[C@H](CO)[C@H](O)[C@@H]1O[C@@H]1O[C@H](CO)[C@H](O)[C@H](O[C@]2(C(=O)O)C[C@H](O)[C@@H](NC(C)=O)[C@H]([C@H](O)[C@H](O)CO)O2)[C@H]1O. The van der Waals surface area contributed by atoms with E-state index in [2.05, 4.69) is 42.2 Å². The smallest absolute Gasteiger partial charge is 0.364 e. The topological polar surface area (TPSA) is 647 Å². The van der Waals surface area contributed by atoms with Gasteiger partial charge in [-0.25, -0.2) is 4.79 Å². The highest BCUT2D eigenvalue weighted by atomic mass is 16.8. The first-order valence-electron chi connectivity index (χ1n) is 32.0. The minimum atomic E-state index is -3.26. The molecule has 554 valence electrons. The van der Waals surface area contributed by atoms with Gasteiger partial charge in [-0.3, -0.25) is 52.9 Å². The van der Waals surface area contributed by atoms with E-state index in [1.165, 1.54) is 11.8 Å². The van der Waals surface area contributed by atoms with Gasteiger partial charge in [0.1, 0.15) is 103 Å². The van der Waals surface area contributed by atoms with Gasteiger partial charge in [-0.2, -0.15) is 0 Å². The van der Waals surface area contributed by atoms with E-state index in [1.54, 1.807) is 0 Å². The Morgan fingerprint density at radius 2 is 1.31 bits per heavy atom. The zero-order valence-electron chi connectivity index (χ0n) is 54.2. The molecule has 0 bridgehead atoms. The molecular formula is C57H93N13O28. The minimum absolute atomic E-state index is 0.0454. The number of carboxylic acids is 2. The molecule has 24 atom stereocenters. The van der Waals surface area contributed by atoms with Crippen LogP contribution in [0.3, 0.4) is 0 Å². The average molecular weight is 1410 g/mol. The van der Waals surface area contributed by atoms with E-state index >= 15 is 4.79 Å². The van der Waals surface area contributed by atoms with Gasteiger partial charge in [0.25, 0.3) is 5.79 Å². The second-order valence-electron chi connectivity index (χ2n) is 24.9. The van der Waals surface area contributed by atoms with Crippen LogP contribution in [0.15, 0.2) is 4.99 Å². The fraction of sp³-hybridized carbons (Fsp3) is 0.789. The normalized spacial score (nSPS) is 32.3. The van der Waals surface area contributed by atoms with Gasteiger partial charge in [0.05, 0.1) is 50.5 Å². The number of aliphatic carboxylic acids is 2. The number of nitrogens with one attached hydrogen (secondary N) is 7. The highest BCUT2D eigenvalue weighted by molar-refractivity contribution is 5.98. The number of aliphatic hydroxyl groups is 9. The van der Waals surface area contributed by atoms with E-state index in [1.807, 2.05) is 0 Å². The van der Waals surface area contributed by atoms with Gasteiger partial charge in [-0.15, -0.1) is 0 Å². The number of amides is 9. The van der Waals surface area contributed by atoms with Gasteiger partial charge >= 0.3 is 11.9 Å². The zero-order valence-corrected chi connectivity index (χ0v) is 54.2. The average Bonchev–Trinajstić information content (AvgIpc) is 0.943. The molecule has 0 saturated carbocycles. The van der Waals surface area contributed by atoms with E-state index in [0.29, 0.717) is 32.2 Å². The molecule has 41 nitrogen and oxygen atoms in total. The Morgan fingerprint density at radius 1 is 0.704 bits per heavy atom. The lowest BCUT2D eigenvalue weighted by Gasteiger charge is -2.51. The fourth-order valence-electron chi connectivity index (χ4n) is 12.6. The molecule has 6 rings (SSSR count). The van der Waals surface area contributed by atoms with Crippen LogP contribution in [-0.4, -0.2) is 329 Å². The monoisotopic (exact) mass is 1410 g/mol. The standard InChI is InChI=1S/C57H93N13O28/c1-22(51(89)69-15-7-11-29(69)46(58)84)63-49(87)30-12-8-16-70(30)52(90)27(10-6-14-62-56(59)60)66-50(88)36(68-48(86)28(17-35(78)79)67-47(85)26-9-5-13-61-26)23(2)93-53-38(65-25(4)75)43(40(81)33(20-72)94-53)96-54-42(83)45(41(82)34(21-73)95-54)98-57(55(91)92)18-31(76)37(64-24(3)74)44(97-57)39(80)32(77)19-71/h22-23,26-34,36-45,53-54,61,71-73,76-77,80-83H,5-21H2,1-4H3,(H2,58,84)(H,63,87)(H,64,74)(H,65,75)(H,66,88)(H,67,85)(H,68,86)(H,78,79)(H,91,92)(H4,59,60,62)/t22-,23+,26-,27-,28-,29-,30-,31-,32+,33+,34+,36-,37+,38+,39+,40-,41-,42+,43+,44+,45-,53-,54-,57-/m0/s1. The zero-order chi connectivity index (χ0) is 72.8. The summed E-state index contributed by atoms with van der Waals surface area (Å²) in [5, 5.41) is 137. The summed E-state index contributed by atoms with van der Waals surface area (Å²) in [6, 6.07) is -13.6. The van der Waals surface area contributed by atoms with Gasteiger partial charge in [-0.1, -0.05) is 0 Å². The third-order valence-corrected chi connectivity index (χ3v) is 17.6. The van der Waals surface area contributed by atoms with Gasteiger partial charge in [0, 0.05) is 39.9 Å². The summed E-state index contributed by atoms with van der Waals surface area (Å²) in [6.45, 7) is 1.34. The highest BCUT2D eigenvalue weighted by Gasteiger charge is 2.61. The summed E-state index contributed by atoms with van der Waals surface area (Å²) in [6.07, 6.45) is -30.7. The van der Waals surface area contributed by atoms with Crippen molar-refractivity contribution in [3.8, 4) is 0 Å². The predicted octanol–water partition coefficient (Wildman–Crippen LogP) is -12.0. The number of carbonyl (C=O) groups excluding carboxylic acids is 9. The second-order valence-corrected chi connectivity index (χ2v) is 24.9. The number of hydrogen-bond acceptors (Lipinski definition) is 28. The molecule has 6 aliphatic heterocycles. The van der Waals surface area contributed by atoms with Crippen LogP contribution >= 0.6 is 0 Å². The van der Waals surface area contributed by atoms with Crippen LogP contribution in [0.4, 0.5) is 0 Å². The summed E-state index contributed by atoms with van der Waals surface area (Å²) in [7, 11) is 0. The third kappa shape index (κ3) is 19.8. The number of ether oxygens (including phenoxy) is 6. The third-order valence-electron chi connectivity index (χ3n) is 17.6. The van der Waals surface area contributed by atoms with Crippen molar-refractivity contribution in [3.63, 3.8) is 0 Å². The number of hydrogen-bond donors (Lipinski definition) is 21. The van der Waals surface area contributed by atoms with E-state index in [-0.39, 0.29) is 51.3 Å². The Bertz CT molecular complexity index is 2860. The number of aliphatic imine (C=N–C) groups is 1. The largest absolute Gasteiger partial charge is 0.481 e. The van der Waals surface area contributed by atoms with Crippen molar-refractivity contribution in [1.82, 2.24) is 47.0 Å². The number of carboxylic acid groups (broad SMARTS) is 2. The molecule has 0 aromatic rings. The summed E-state index contributed by atoms with van der Waals surface area (Å²) < 4.78 is 35.6. The Balaban J connectivity index is 1.35. The number of nitrogens with two attached hydrogens (primary N) is 3. The first-order chi connectivity index (χ1) is 46.2. The molecule has 0 aromatic heterocycles. The molecule has 0 spiro atoms. The van der Waals surface area contributed by atoms with Crippen molar-refractivity contribution >= 4 is 71.1 Å². The van der Waals surface area contributed by atoms with Crippen LogP contribution in [0.1, 0.15) is 91.9 Å². The summed E-state index contributed by atoms with van der Waals surface area (Å²) in [4.78, 5) is 155. The minimum Gasteiger partial charge on any atom is -0.481 e. The van der Waals surface area contributed by atoms with Crippen molar-refractivity contribution < 1.29 is 137 Å². The molecular weight excluding hydrogens is 1310 g/mol. The Kier molecular flexibility index (Phi) is 29.1. The highest BCUT2D eigenvalue weighted by Crippen LogP contribution is 2.39. The van der Waals surface area contributed by atoms with Gasteiger partial charge in [-0.05, 0) is 71.8 Å². The Labute approximate surface area is 560 Å². The van der Waals surface area contributed by atoms with Crippen LogP contribution in [0.25, 0.3) is 0 Å². The first kappa shape index (κ1) is 79.8. The lowest BCUT2D eigenvalue weighted by Crippen LogP contribution is -2.71. The molecule has 98 heavy (non-hydrogen) atoms. The van der Waals surface area contributed by atoms with E-state index < -0.39 is 244 Å². The molecule has 6 fully saturated rings. The van der Waals surface area contributed by atoms with Gasteiger partial charge < -0.3 is 149 Å². The maximum Gasteiger partial charge on any atom is 0.364 e. The molecule has 41 heteroatoms. The van der Waals surface area contributed by atoms with Crippen molar-refractivity contribution in [2.75, 3.05) is 46.0 Å². The van der Waals surface area contributed by atoms with Crippen LogP contribution < -0.4 is 54.4 Å². The van der Waals surface area contributed by atoms with Crippen molar-refractivity contribution in [2.24, 2.45) is 22.2 Å². The number of nitrogens with zero attached hydrogens (tertiary/aromatic N) is 3. The summed E-state index contributed by atoms with van der Waals surface area (Å²) in [5.41, 5.74) is 16.7. The molecule has 9 amide bonds. The number of guanidine groups is 1. The molecule has 0 aromatic carbocycles. The van der Waals surface area contributed by atoms with Crippen molar-refractivity contribution in [3.05, 3.63) is 0 Å². The fourth-order valence-corrected chi connectivity index (χ4v) is 12.6. The first-order valence-corrected chi connectivity index (χ1v) is 32.0. The molecule has 0 unspecified atom stereocenters. The van der Waals surface area contributed by atoms with Crippen LogP contribution in [0.5, 0.6) is 0 Å². The Hall–Kier alpha value is -7.20. The molecule has 6 aliphatic rings. The molecule has 6 heterocycles. The van der Waals surface area contributed by atoms with Gasteiger partial charge in [0.2, 0.25) is 53.2 Å². The number of carbonyl (C=O) groups is 11. The number of primary amides is 1. The molecule has 0 radical (unpaired) electrons. The lowest BCUT2D eigenvalue weighted by atomic mass is 9.88. The quantitative estimate of drug-likeness (QED) is 0.0169. The maximum absolute atomic E-state index is 15.2. The molecule has 6 saturated heterocycles. The van der Waals surface area contributed by atoms with Crippen LogP contribution in [-0.2, 0) is 81.2 Å². The Morgan fingerprint density at radius 3 is 1.87 bits per heavy atom. The number of likely N-dealkylation sites (tertiary alicyclic amines) is 2. The van der Waals surface area contributed by atoms with Crippen molar-refractivity contribution in [1.29, 1.82) is 0 Å². The van der Waals surface area contributed by atoms with E-state index in [4.69, 9.17) is 45.6 Å². The van der Waals surface area contributed by atoms with Crippen LogP contribution in [0.2, 0.25) is 0 Å². The van der Waals surface area contributed by atoms with E-state index in [9.17, 15) is 104 Å². The van der Waals surface area contributed by atoms with Crippen molar-refractivity contribution in [2.45, 2.75) is 238 Å². The van der Waals surface area contributed by atoms with Crippen LogP contribution in [0, 0.1) is 0 Å². The number of rotatable bonds is 32. The number of aliphatic hydroxyl groups excluding tert-OH is 9. The lowest BCUT2D eigenvalue weighted by molar-refractivity contribution is -0.382. The molecule has 24 N–H and O–H groups in total. The van der Waals surface area contributed by atoms with E-state index in [0.717, 1.165) is 25.7 Å².